The number of carbonyl (C=O) groups is 1. The summed E-state index contributed by atoms with van der Waals surface area (Å²) in [6.45, 7) is -2.97. The Morgan fingerprint density at radius 3 is 2.76 bits per heavy atom. The maximum atomic E-state index is 12.9. The molecule has 0 aliphatic rings. The zero-order chi connectivity index (χ0) is 15.2. The Bertz CT molecular complexity index is 635. The maximum absolute atomic E-state index is 12.9. The van der Waals surface area contributed by atoms with E-state index in [0.717, 1.165) is 12.3 Å². The second kappa shape index (κ2) is 6.74. The van der Waals surface area contributed by atoms with Crippen LogP contribution in [-0.2, 0) is 6.54 Å². The van der Waals surface area contributed by atoms with E-state index in [4.69, 9.17) is 0 Å². The molecule has 0 unspecified atom stereocenters. The van der Waals surface area contributed by atoms with Crippen LogP contribution < -0.4 is 10.1 Å². The molecule has 0 saturated heterocycles. The minimum atomic E-state index is -2.95. The Kier molecular flexibility index (Phi) is 4.76. The highest BCUT2D eigenvalue weighted by Crippen LogP contribution is 2.20. The molecule has 21 heavy (non-hydrogen) atoms. The monoisotopic (exact) mass is 296 g/mol. The van der Waals surface area contributed by atoms with Crippen molar-refractivity contribution in [2.24, 2.45) is 0 Å². The number of ether oxygens (including phenoxy) is 1. The zero-order valence-electron chi connectivity index (χ0n) is 10.7. The number of hydrogen-bond donors (Lipinski definition) is 1. The molecule has 2 rings (SSSR count). The number of amides is 1. The number of halogens is 3. The first-order chi connectivity index (χ1) is 10.1. The first-order valence-corrected chi connectivity index (χ1v) is 5.98. The molecule has 4 nitrogen and oxygen atoms in total. The van der Waals surface area contributed by atoms with Gasteiger partial charge in [0.05, 0.1) is 0 Å². The van der Waals surface area contributed by atoms with E-state index in [9.17, 15) is 18.0 Å². The lowest BCUT2D eigenvalue weighted by molar-refractivity contribution is -0.0504. The molecule has 1 N–H and O–H groups in total. The number of rotatable bonds is 5. The molecule has 1 aromatic heterocycles. The number of nitrogens with zero attached hydrogens (tertiary/aromatic N) is 1. The van der Waals surface area contributed by atoms with Gasteiger partial charge in [-0.25, -0.2) is 4.98 Å². The molecule has 7 heteroatoms. The summed E-state index contributed by atoms with van der Waals surface area (Å²) in [6, 6.07) is 8.43. The van der Waals surface area contributed by atoms with Crippen LogP contribution in [0.4, 0.5) is 13.2 Å². The molecule has 0 atom stereocenters. The van der Waals surface area contributed by atoms with Gasteiger partial charge in [-0.15, -0.1) is 0 Å². The largest absolute Gasteiger partial charge is 0.434 e. The van der Waals surface area contributed by atoms with E-state index in [1.807, 2.05) is 0 Å². The fourth-order valence-electron chi connectivity index (χ4n) is 1.68. The fourth-order valence-corrected chi connectivity index (χ4v) is 1.68. The van der Waals surface area contributed by atoms with E-state index < -0.39 is 18.5 Å². The van der Waals surface area contributed by atoms with Crippen LogP contribution in [0.5, 0.6) is 5.75 Å². The van der Waals surface area contributed by atoms with Gasteiger partial charge in [-0.05, 0) is 12.1 Å². The van der Waals surface area contributed by atoms with E-state index in [2.05, 4.69) is 15.0 Å². The van der Waals surface area contributed by atoms with Gasteiger partial charge in [-0.1, -0.05) is 18.2 Å². The van der Waals surface area contributed by atoms with Crippen molar-refractivity contribution in [1.29, 1.82) is 0 Å². The van der Waals surface area contributed by atoms with Gasteiger partial charge in [0.15, 0.2) is 0 Å². The number of aromatic nitrogens is 1. The lowest BCUT2D eigenvalue weighted by Gasteiger charge is -2.11. The van der Waals surface area contributed by atoms with E-state index in [1.54, 1.807) is 18.2 Å². The molecular weight excluding hydrogens is 285 g/mol. The molecular formula is C14H11F3N2O2. The zero-order valence-corrected chi connectivity index (χ0v) is 10.7. The van der Waals surface area contributed by atoms with Gasteiger partial charge < -0.3 is 10.1 Å². The Hall–Kier alpha value is -2.57. The number of para-hydroxylation sites is 1. The van der Waals surface area contributed by atoms with E-state index in [-0.39, 0.29) is 17.9 Å². The van der Waals surface area contributed by atoms with Crippen molar-refractivity contribution in [2.75, 3.05) is 0 Å². The molecule has 0 fully saturated rings. The highest BCUT2D eigenvalue weighted by molar-refractivity contribution is 5.93. The first kappa shape index (κ1) is 14.8. The quantitative estimate of drug-likeness (QED) is 0.863. The third-order valence-corrected chi connectivity index (χ3v) is 2.62. The predicted molar refractivity (Wildman–Crippen MR) is 68.4 cm³/mol. The lowest BCUT2D eigenvalue weighted by Crippen LogP contribution is -2.23. The SMILES string of the molecule is O=C(NCc1ccccc1OC(F)F)c1ccnc(F)c1. The van der Waals surface area contributed by atoms with Crippen LogP contribution in [0.3, 0.4) is 0 Å². The average molecular weight is 296 g/mol. The minimum Gasteiger partial charge on any atom is -0.434 e. The molecule has 1 aromatic carbocycles. The minimum absolute atomic E-state index is 0.0197. The second-order valence-corrected chi connectivity index (χ2v) is 4.04. The maximum Gasteiger partial charge on any atom is 0.387 e. The van der Waals surface area contributed by atoms with Crippen LogP contribution in [0.25, 0.3) is 0 Å². The molecule has 110 valence electrons. The van der Waals surface area contributed by atoms with Crippen LogP contribution in [0.1, 0.15) is 15.9 Å². The summed E-state index contributed by atoms with van der Waals surface area (Å²) in [4.78, 5) is 15.1. The summed E-state index contributed by atoms with van der Waals surface area (Å²) in [5.74, 6) is -1.33. The van der Waals surface area contributed by atoms with Gasteiger partial charge >= 0.3 is 6.61 Å². The van der Waals surface area contributed by atoms with Gasteiger partial charge in [-0.3, -0.25) is 4.79 Å². The van der Waals surface area contributed by atoms with Crippen LogP contribution in [0.2, 0.25) is 0 Å². The molecule has 1 heterocycles. The molecule has 1 amide bonds. The molecule has 0 spiro atoms. The van der Waals surface area contributed by atoms with Crippen molar-refractivity contribution in [2.45, 2.75) is 13.2 Å². The average Bonchev–Trinajstić information content (AvgIpc) is 2.45. The number of carbonyl (C=O) groups excluding carboxylic acids is 1. The standard InChI is InChI=1S/C14H11F3N2O2/c15-12-7-9(5-6-18-12)13(20)19-8-10-3-1-2-4-11(10)21-14(16)17/h1-7,14H,8H2,(H,19,20). The summed E-state index contributed by atoms with van der Waals surface area (Å²) in [5.41, 5.74) is 0.482. The summed E-state index contributed by atoms with van der Waals surface area (Å²) >= 11 is 0. The van der Waals surface area contributed by atoms with Crippen molar-refractivity contribution < 1.29 is 22.7 Å². The van der Waals surface area contributed by atoms with Crippen LogP contribution in [0, 0.1) is 5.95 Å². The van der Waals surface area contributed by atoms with Gasteiger partial charge in [-0.2, -0.15) is 13.2 Å². The Morgan fingerprint density at radius 1 is 1.29 bits per heavy atom. The van der Waals surface area contributed by atoms with E-state index in [1.165, 1.54) is 12.1 Å². The van der Waals surface area contributed by atoms with Gasteiger partial charge in [0.1, 0.15) is 5.75 Å². The lowest BCUT2D eigenvalue weighted by atomic mass is 10.2. The molecule has 0 bridgehead atoms. The molecule has 0 aliphatic carbocycles. The summed E-state index contributed by atoms with van der Waals surface area (Å²) in [7, 11) is 0. The smallest absolute Gasteiger partial charge is 0.387 e. The summed E-state index contributed by atoms with van der Waals surface area (Å²) in [5, 5.41) is 2.50. The number of benzene rings is 1. The van der Waals surface area contributed by atoms with E-state index in [0.29, 0.717) is 5.56 Å². The van der Waals surface area contributed by atoms with Gasteiger partial charge in [0, 0.05) is 29.9 Å². The Labute approximate surface area is 118 Å². The van der Waals surface area contributed by atoms with Crippen molar-refractivity contribution in [3.63, 3.8) is 0 Å². The predicted octanol–water partition coefficient (Wildman–Crippen LogP) is 2.75. The van der Waals surface area contributed by atoms with Crippen molar-refractivity contribution in [3.8, 4) is 5.75 Å². The van der Waals surface area contributed by atoms with Crippen LogP contribution in [-0.4, -0.2) is 17.5 Å². The molecule has 0 saturated carbocycles. The number of alkyl halides is 2. The van der Waals surface area contributed by atoms with Gasteiger partial charge in [0.25, 0.3) is 5.91 Å². The highest BCUT2D eigenvalue weighted by Gasteiger charge is 2.11. The normalized spacial score (nSPS) is 10.5. The number of hydrogen-bond acceptors (Lipinski definition) is 3. The molecule has 0 radical (unpaired) electrons. The van der Waals surface area contributed by atoms with Gasteiger partial charge in [0.2, 0.25) is 5.95 Å². The summed E-state index contributed by atoms with van der Waals surface area (Å²) in [6.07, 6.45) is 1.16. The highest BCUT2D eigenvalue weighted by atomic mass is 19.3. The number of pyridine rings is 1. The third kappa shape index (κ3) is 4.20. The Balaban J connectivity index is 2.04. The number of nitrogens with one attached hydrogen (secondary N) is 1. The van der Waals surface area contributed by atoms with E-state index >= 15 is 0 Å². The van der Waals surface area contributed by atoms with Crippen LogP contribution in [0.15, 0.2) is 42.6 Å². The second-order valence-electron chi connectivity index (χ2n) is 4.04. The third-order valence-electron chi connectivity index (χ3n) is 2.62. The van der Waals surface area contributed by atoms with Crippen molar-refractivity contribution >= 4 is 5.91 Å². The molecule has 2 aromatic rings. The van der Waals surface area contributed by atoms with Crippen LogP contribution >= 0.6 is 0 Å². The first-order valence-electron chi connectivity index (χ1n) is 5.98. The van der Waals surface area contributed by atoms with Crippen molar-refractivity contribution in [3.05, 3.63) is 59.7 Å². The van der Waals surface area contributed by atoms with Crippen molar-refractivity contribution in [1.82, 2.24) is 10.3 Å². The molecule has 0 aliphatic heterocycles. The topological polar surface area (TPSA) is 51.2 Å². The fraction of sp³-hybridized carbons (Fsp3) is 0.143. The Morgan fingerprint density at radius 2 is 2.05 bits per heavy atom. The summed E-state index contributed by atoms with van der Waals surface area (Å²) < 4.78 is 41.8.